The van der Waals surface area contributed by atoms with E-state index in [2.05, 4.69) is 35.9 Å². The Labute approximate surface area is 166 Å². The van der Waals surface area contributed by atoms with Crippen molar-refractivity contribution in [3.8, 4) is 11.4 Å². The minimum Gasteiger partial charge on any atom is -0.396 e. The van der Waals surface area contributed by atoms with Crippen molar-refractivity contribution in [2.75, 3.05) is 44.7 Å². The molecule has 1 N–H and O–H groups in total. The predicted molar refractivity (Wildman–Crippen MR) is 114 cm³/mol. The summed E-state index contributed by atoms with van der Waals surface area (Å²) < 4.78 is 0. The van der Waals surface area contributed by atoms with Crippen LogP contribution in [0.5, 0.6) is 0 Å². The van der Waals surface area contributed by atoms with Crippen LogP contribution in [0.4, 0.5) is 5.82 Å². The zero-order valence-electron chi connectivity index (χ0n) is 16.6. The molecule has 3 aromatic rings. The van der Waals surface area contributed by atoms with E-state index in [-0.39, 0.29) is 12.5 Å². The highest BCUT2D eigenvalue weighted by Crippen LogP contribution is 2.33. The number of aliphatic hydroxyl groups is 1. The lowest BCUT2D eigenvalue weighted by Gasteiger charge is -2.23. The van der Waals surface area contributed by atoms with Crippen LogP contribution in [0, 0.1) is 11.8 Å². The molecule has 0 spiro atoms. The van der Waals surface area contributed by atoms with Crippen molar-refractivity contribution in [2.45, 2.75) is 6.92 Å². The van der Waals surface area contributed by atoms with E-state index >= 15 is 0 Å². The molecule has 5 nitrogen and oxygen atoms in total. The zero-order chi connectivity index (χ0) is 19.5. The van der Waals surface area contributed by atoms with Gasteiger partial charge in [0.15, 0.2) is 5.82 Å². The SMILES string of the molecule is CCN(C)CC1CN(c2nc(-c3ccccc3)nc3ccccc23)CC1CO. The molecule has 0 aliphatic carbocycles. The number of fused-ring (bicyclic) bond motifs is 1. The molecule has 1 aromatic heterocycles. The van der Waals surface area contributed by atoms with Gasteiger partial charge in [-0.25, -0.2) is 9.97 Å². The second-order valence-electron chi connectivity index (χ2n) is 7.72. The molecular formula is C23H28N4O. The van der Waals surface area contributed by atoms with E-state index in [1.165, 1.54) is 0 Å². The minimum atomic E-state index is 0.216. The van der Waals surface area contributed by atoms with Gasteiger partial charge in [0.05, 0.1) is 5.52 Å². The Hall–Kier alpha value is -2.50. The van der Waals surface area contributed by atoms with Gasteiger partial charge in [-0.1, -0.05) is 49.4 Å². The third-order valence-corrected chi connectivity index (χ3v) is 5.81. The number of para-hydroxylation sites is 1. The Morgan fingerprint density at radius 2 is 1.71 bits per heavy atom. The maximum absolute atomic E-state index is 9.95. The molecule has 2 atom stereocenters. The molecular weight excluding hydrogens is 348 g/mol. The predicted octanol–water partition coefficient (Wildman–Crippen LogP) is 3.29. The van der Waals surface area contributed by atoms with E-state index in [0.717, 1.165) is 54.3 Å². The van der Waals surface area contributed by atoms with Crippen molar-refractivity contribution >= 4 is 16.7 Å². The van der Waals surface area contributed by atoms with Crippen LogP contribution in [0.1, 0.15) is 6.92 Å². The summed E-state index contributed by atoms with van der Waals surface area (Å²) in [6, 6.07) is 18.3. The molecule has 1 saturated heterocycles. The maximum Gasteiger partial charge on any atom is 0.162 e. The van der Waals surface area contributed by atoms with Gasteiger partial charge in [-0.3, -0.25) is 0 Å². The first kappa shape index (κ1) is 18.8. The Bertz CT molecular complexity index is 930. The van der Waals surface area contributed by atoms with Crippen LogP contribution < -0.4 is 4.90 Å². The second kappa shape index (κ2) is 8.25. The zero-order valence-corrected chi connectivity index (χ0v) is 16.6. The Balaban J connectivity index is 1.73. The summed E-state index contributed by atoms with van der Waals surface area (Å²) in [7, 11) is 2.14. The molecule has 0 bridgehead atoms. The van der Waals surface area contributed by atoms with Gasteiger partial charge in [0.25, 0.3) is 0 Å². The van der Waals surface area contributed by atoms with Crippen molar-refractivity contribution in [3.05, 3.63) is 54.6 Å². The Morgan fingerprint density at radius 1 is 1.00 bits per heavy atom. The molecule has 28 heavy (non-hydrogen) atoms. The monoisotopic (exact) mass is 376 g/mol. The fourth-order valence-corrected chi connectivity index (χ4v) is 4.07. The Morgan fingerprint density at radius 3 is 2.46 bits per heavy atom. The van der Waals surface area contributed by atoms with Crippen molar-refractivity contribution in [1.29, 1.82) is 0 Å². The fraction of sp³-hybridized carbons (Fsp3) is 0.391. The largest absolute Gasteiger partial charge is 0.396 e. The number of hydrogen-bond acceptors (Lipinski definition) is 5. The average molecular weight is 377 g/mol. The molecule has 0 saturated carbocycles. The minimum absolute atomic E-state index is 0.216. The van der Waals surface area contributed by atoms with Crippen molar-refractivity contribution in [3.63, 3.8) is 0 Å². The van der Waals surface area contributed by atoms with Gasteiger partial charge in [-0.2, -0.15) is 0 Å². The first-order chi connectivity index (χ1) is 13.7. The van der Waals surface area contributed by atoms with Gasteiger partial charge < -0.3 is 14.9 Å². The normalized spacial score (nSPS) is 19.6. The highest BCUT2D eigenvalue weighted by Gasteiger charge is 2.34. The third kappa shape index (κ3) is 3.73. The third-order valence-electron chi connectivity index (χ3n) is 5.81. The van der Waals surface area contributed by atoms with E-state index < -0.39 is 0 Å². The number of rotatable bonds is 6. The lowest BCUT2D eigenvalue weighted by atomic mass is 9.96. The molecule has 5 heteroatoms. The molecule has 2 heterocycles. The summed E-state index contributed by atoms with van der Waals surface area (Å²) in [6.45, 7) is 6.13. The summed E-state index contributed by atoms with van der Waals surface area (Å²) >= 11 is 0. The van der Waals surface area contributed by atoms with Gasteiger partial charge in [0.1, 0.15) is 5.82 Å². The van der Waals surface area contributed by atoms with E-state index in [1.807, 2.05) is 42.5 Å². The lowest BCUT2D eigenvalue weighted by molar-refractivity contribution is 0.178. The van der Waals surface area contributed by atoms with Crippen LogP contribution in [0.2, 0.25) is 0 Å². The standard InChI is InChI=1S/C23H28N4O/c1-3-26(2)13-18-14-27(15-19(18)16-28)23-20-11-7-8-12-21(20)24-22(25-23)17-9-5-4-6-10-17/h4-12,18-19,28H,3,13-16H2,1-2H3. The number of nitrogens with zero attached hydrogens (tertiary/aromatic N) is 4. The van der Waals surface area contributed by atoms with Crippen LogP contribution >= 0.6 is 0 Å². The van der Waals surface area contributed by atoms with Crippen molar-refractivity contribution in [2.24, 2.45) is 11.8 Å². The van der Waals surface area contributed by atoms with Crippen molar-refractivity contribution in [1.82, 2.24) is 14.9 Å². The van der Waals surface area contributed by atoms with E-state index in [4.69, 9.17) is 9.97 Å². The number of aliphatic hydroxyl groups excluding tert-OH is 1. The van der Waals surface area contributed by atoms with Crippen LogP contribution in [0.25, 0.3) is 22.3 Å². The number of hydrogen-bond donors (Lipinski definition) is 1. The van der Waals surface area contributed by atoms with Crippen molar-refractivity contribution < 1.29 is 5.11 Å². The smallest absolute Gasteiger partial charge is 0.162 e. The van der Waals surface area contributed by atoms with Gasteiger partial charge in [0.2, 0.25) is 0 Å². The van der Waals surface area contributed by atoms with Crippen LogP contribution in [0.15, 0.2) is 54.6 Å². The Kier molecular flexibility index (Phi) is 5.55. The van der Waals surface area contributed by atoms with Gasteiger partial charge in [-0.05, 0) is 31.6 Å². The molecule has 0 amide bonds. The first-order valence-corrected chi connectivity index (χ1v) is 10.1. The summed E-state index contributed by atoms with van der Waals surface area (Å²) in [5.74, 6) is 2.43. The number of benzene rings is 2. The van der Waals surface area contributed by atoms with Gasteiger partial charge in [0, 0.05) is 43.1 Å². The second-order valence-corrected chi connectivity index (χ2v) is 7.72. The molecule has 1 aliphatic rings. The van der Waals surface area contributed by atoms with Crippen LogP contribution in [0.3, 0.4) is 0 Å². The summed E-state index contributed by atoms with van der Waals surface area (Å²) in [5, 5.41) is 11.0. The highest BCUT2D eigenvalue weighted by molar-refractivity contribution is 5.91. The molecule has 2 unspecified atom stereocenters. The summed E-state index contributed by atoms with van der Waals surface area (Å²) in [4.78, 5) is 14.4. The molecule has 4 rings (SSSR count). The average Bonchev–Trinajstić information content (AvgIpc) is 3.16. The summed E-state index contributed by atoms with van der Waals surface area (Å²) in [6.07, 6.45) is 0. The number of aromatic nitrogens is 2. The van der Waals surface area contributed by atoms with Crippen LogP contribution in [-0.4, -0.2) is 59.8 Å². The van der Waals surface area contributed by atoms with E-state index in [0.29, 0.717) is 5.92 Å². The van der Waals surface area contributed by atoms with Gasteiger partial charge in [-0.15, -0.1) is 0 Å². The molecule has 0 radical (unpaired) electrons. The maximum atomic E-state index is 9.95. The summed E-state index contributed by atoms with van der Waals surface area (Å²) in [5.41, 5.74) is 1.98. The van der Waals surface area contributed by atoms with Gasteiger partial charge >= 0.3 is 0 Å². The van der Waals surface area contributed by atoms with E-state index in [1.54, 1.807) is 0 Å². The molecule has 2 aromatic carbocycles. The number of anilines is 1. The highest BCUT2D eigenvalue weighted by atomic mass is 16.3. The first-order valence-electron chi connectivity index (χ1n) is 10.1. The fourth-order valence-electron chi connectivity index (χ4n) is 4.07. The lowest BCUT2D eigenvalue weighted by Crippen LogP contribution is -2.31. The molecule has 146 valence electrons. The molecule has 1 aliphatic heterocycles. The van der Waals surface area contributed by atoms with E-state index in [9.17, 15) is 5.11 Å². The quantitative estimate of drug-likeness (QED) is 0.715. The molecule has 1 fully saturated rings. The topological polar surface area (TPSA) is 52.5 Å². The van der Waals surface area contributed by atoms with Crippen LogP contribution in [-0.2, 0) is 0 Å².